The second kappa shape index (κ2) is 5.88. The van der Waals surface area contributed by atoms with Crippen LogP contribution in [0.4, 0.5) is 14.6 Å². The van der Waals surface area contributed by atoms with E-state index in [0.717, 1.165) is 11.4 Å². The Hall–Kier alpha value is -1.88. The molecule has 0 aromatic carbocycles. The van der Waals surface area contributed by atoms with Gasteiger partial charge in [-0.15, -0.1) is 15.3 Å². The van der Waals surface area contributed by atoms with Crippen LogP contribution in [0.3, 0.4) is 0 Å². The first-order valence-corrected chi connectivity index (χ1v) is 9.32. The van der Waals surface area contributed by atoms with Crippen molar-refractivity contribution < 1.29 is 17.2 Å². The summed E-state index contributed by atoms with van der Waals surface area (Å²) in [5.41, 5.74) is 0.239. The molecular formula is C13H18F2N6O2S. The molecule has 3 heterocycles. The average Bonchev–Trinajstić information content (AvgIpc) is 2.73. The largest absolute Gasteiger partial charge is 0.354 e. The van der Waals surface area contributed by atoms with E-state index in [1.54, 1.807) is 12.1 Å². The van der Waals surface area contributed by atoms with Crippen LogP contribution in [-0.2, 0) is 15.9 Å². The van der Waals surface area contributed by atoms with Crippen molar-refractivity contribution in [1.82, 2.24) is 24.1 Å². The Balaban J connectivity index is 1.89. The fourth-order valence-corrected chi connectivity index (χ4v) is 3.55. The van der Waals surface area contributed by atoms with E-state index in [1.165, 1.54) is 10.6 Å². The molecule has 0 amide bonds. The highest BCUT2D eigenvalue weighted by molar-refractivity contribution is 7.88. The molecule has 2 aromatic rings. The number of halogens is 2. The van der Waals surface area contributed by atoms with Crippen molar-refractivity contribution >= 4 is 21.5 Å². The maximum atomic E-state index is 13.6. The molecule has 0 radical (unpaired) electrons. The number of alkyl halides is 2. The van der Waals surface area contributed by atoms with Gasteiger partial charge < -0.3 is 4.90 Å². The van der Waals surface area contributed by atoms with E-state index >= 15 is 0 Å². The second-order valence-corrected chi connectivity index (χ2v) is 7.86. The van der Waals surface area contributed by atoms with Crippen molar-refractivity contribution in [2.45, 2.75) is 19.3 Å². The van der Waals surface area contributed by atoms with Crippen molar-refractivity contribution in [3.63, 3.8) is 0 Å². The number of fused-ring (bicyclic) bond motifs is 1. The van der Waals surface area contributed by atoms with Gasteiger partial charge in [0, 0.05) is 33.1 Å². The van der Waals surface area contributed by atoms with Gasteiger partial charge in [0.05, 0.1) is 6.26 Å². The molecule has 1 fully saturated rings. The molecule has 1 aliphatic rings. The highest BCUT2D eigenvalue weighted by Crippen LogP contribution is 2.26. The van der Waals surface area contributed by atoms with Crippen molar-refractivity contribution in [3.8, 4) is 0 Å². The normalized spacial score (nSPS) is 18.1. The molecule has 0 N–H and O–H groups in total. The van der Waals surface area contributed by atoms with Gasteiger partial charge in [-0.05, 0) is 18.6 Å². The zero-order valence-corrected chi connectivity index (χ0v) is 14.2. The summed E-state index contributed by atoms with van der Waals surface area (Å²) in [6.45, 7) is 2.53. The summed E-state index contributed by atoms with van der Waals surface area (Å²) in [5.74, 6) is -3.19. The van der Waals surface area contributed by atoms with Crippen LogP contribution in [0.15, 0.2) is 12.1 Å². The highest BCUT2D eigenvalue weighted by Gasteiger charge is 2.32. The van der Waals surface area contributed by atoms with E-state index in [4.69, 9.17) is 0 Å². The van der Waals surface area contributed by atoms with Gasteiger partial charge in [-0.1, -0.05) is 0 Å². The van der Waals surface area contributed by atoms with Crippen LogP contribution in [0.25, 0.3) is 5.65 Å². The summed E-state index contributed by atoms with van der Waals surface area (Å²) in [6.07, 6.45) is 1.81. The Morgan fingerprint density at radius 1 is 1.12 bits per heavy atom. The summed E-state index contributed by atoms with van der Waals surface area (Å²) < 4.78 is 53.0. The van der Waals surface area contributed by atoms with Crippen molar-refractivity contribution in [3.05, 3.63) is 18.0 Å². The van der Waals surface area contributed by atoms with Crippen LogP contribution in [0.5, 0.6) is 0 Å². The van der Waals surface area contributed by atoms with E-state index in [9.17, 15) is 17.2 Å². The monoisotopic (exact) mass is 360 g/mol. The van der Waals surface area contributed by atoms with Crippen molar-refractivity contribution in [1.29, 1.82) is 0 Å². The number of nitrogens with zero attached hydrogens (tertiary/aromatic N) is 6. The van der Waals surface area contributed by atoms with Crippen molar-refractivity contribution in [2.24, 2.45) is 0 Å². The molecule has 0 bridgehead atoms. The predicted molar refractivity (Wildman–Crippen MR) is 83.6 cm³/mol. The van der Waals surface area contributed by atoms with Crippen LogP contribution in [0.2, 0.25) is 0 Å². The number of aromatic nitrogens is 4. The van der Waals surface area contributed by atoms with Crippen LogP contribution in [-0.4, -0.2) is 65.0 Å². The van der Waals surface area contributed by atoms with Crippen molar-refractivity contribution in [2.75, 3.05) is 37.3 Å². The lowest BCUT2D eigenvalue weighted by Crippen LogP contribution is -2.34. The lowest BCUT2D eigenvalue weighted by atomic mass is 10.3. The van der Waals surface area contributed by atoms with Gasteiger partial charge in [0.2, 0.25) is 15.8 Å². The zero-order chi connectivity index (χ0) is 17.5. The first-order chi connectivity index (χ1) is 11.2. The minimum absolute atomic E-state index is 0.239. The Labute approximate surface area is 138 Å². The van der Waals surface area contributed by atoms with Gasteiger partial charge in [-0.25, -0.2) is 12.7 Å². The highest BCUT2D eigenvalue weighted by atomic mass is 32.2. The van der Waals surface area contributed by atoms with Crippen LogP contribution in [0, 0.1) is 0 Å². The van der Waals surface area contributed by atoms with Gasteiger partial charge in [-0.3, -0.25) is 0 Å². The third-order valence-corrected chi connectivity index (χ3v) is 5.19. The molecule has 1 aliphatic heterocycles. The van der Waals surface area contributed by atoms with Gasteiger partial charge >= 0.3 is 5.92 Å². The Kier molecular flexibility index (Phi) is 4.16. The third kappa shape index (κ3) is 3.31. The number of sulfonamides is 1. The molecule has 11 heteroatoms. The summed E-state index contributed by atoms with van der Waals surface area (Å²) in [7, 11) is -3.24. The van der Waals surface area contributed by atoms with Gasteiger partial charge in [0.15, 0.2) is 5.65 Å². The van der Waals surface area contributed by atoms with Crippen LogP contribution < -0.4 is 4.90 Å². The maximum absolute atomic E-state index is 13.6. The number of hydrogen-bond donors (Lipinski definition) is 0. The minimum Gasteiger partial charge on any atom is -0.354 e. The predicted octanol–water partition coefficient (Wildman–Crippen LogP) is 0.708. The molecule has 0 spiro atoms. The molecule has 2 aromatic heterocycles. The van der Waals surface area contributed by atoms with E-state index in [2.05, 4.69) is 15.3 Å². The van der Waals surface area contributed by atoms with Gasteiger partial charge in [0.1, 0.15) is 5.82 Å². The maximum Gasteiger partial charge on any atom is 0.305 e. The molecule has 3 rings (SSSR count). The smallest absolute Gasteiger partial charge is 0.305 e. The van der Waals surface area contributed by atoms with E-state index in [1.807, 2.05) is 4.90 Å². The molecule has 132 valence electrons. The second-order valence-electron chi connectivity index (χ2n) is 5.88. The lowest BCUT2D eigenvalue weighted by molar-refractivity contribution is 0.00563. The minimum atomic E-state index is -3.24. The standard InChI is InChI=1S/C13H18F2N6O2S/c1-13(14,15)12-17-16-10-4-5-11(18-21(10)12)19-6-3-7-20(9-8-19)24(2,22)23/h4-5H,3,6-9H2,1-2H3. The van der Waals surface area contributed by atoms with Crippen LogP contribution in [0.1, 0.15) is 19.2 Å². The molecule has 0 unspecified atom stereocenters. The molecule has 8 nitrogen and oxygen atoms in total. The van der Waals surface area contributed by atoms with Gasteiger partial charge in [0.25, 0.3) is 0 Å². The SMILES string of the molecule is CC(F)(F)c1nnc2ccc(N3CCCN(S(C)(=O)=O)CC3)nn12. The summed E-state index contributed by atoms with van der Waals surface area (Å²) in [6, 6.07) is 3.25. The van der Waals surface area contributed by atoms with Crippen LogP contribution >= 0.6 is 0 Å². The molecule has 0 atom stereocenters. The first kappa shape index (κ1) is 17.0. The fourth-order valence-electron chi connectivity index (χ4n) is 2.68. The van der Waals surface area contributed by atoms with Gasteiger partial charge in [-0.2, -0.15) is 13.3 Å². The topological polar surface area (TPSA) is 83.7 Å². The lowest BCUT2D eigenvalue weighted by Gasteiger charge is -2.22. The Bertz CT molecular complexity index is 848. The number of anilines is 1. The summed E-state index contributed by atoms with van der Waals surface area (Å²) in [5, 5.41) is 11.4. The molecule has 0 aliphatic carbocycles. The summed E-state index contributed by atoms with van der Waals surface area (Å²) >= 11 is 0. The molecule has 24 heavy (non-hydrogen) atoms. The first-order valence-electron chi connectivity index (χ1n) is 7.47. The fraction of sp³-hybridized carbons (Fsp3) is 0.615. The Morgan fingerprint density at radius 2 is 1.88 bits per heavy atom. The third-order valence-electron chi connectivity index (χ3n) is 3.89. The summed E-state index contributed by atoms with van der Waals surface area (Å²) in [4.78, 5) is 1.88. The zero-order valence-electron chi connectivity index (χ0n) is 13.4. The number of hydrogen-bond acceptors (Lipinski definition) is 6. The molecule has 1 saturated heterocycles. The van der Waals surface area contributed by atoms with E-state index < -0.39 is 21.8 Å². The Morgan fingerprint density at radius 3 is 2.54 bits per heavy atom. The average molecular weight is 360 g/mol. The van der Waals surface area contributed by atoms with E-state index in [0.29, 0.717) is 38.4 Å². The van der Waals surface area contributed by atoms with E-state index in [-0.39, 0.29) is 5.65 Å². The quantitative estimate of drug-likeness (QED) is 0.802. The molecule has 0 saturated carbocycles. The molecular weight excluding hydrogens is 342 g/mol. The number of rotatable bonds is 3.